The molecule has 0 amide bonds. The lowest BCUT2D eigenvalue weighted by Gasteiger charge is -2.26. The second kappa shape index (κ2) is 8.19. The topological polar surface area (TPSA) is 38.2 Å². The SMILES string of the molecule is CSc1nc(C(F)F)cc(N2CCCC2COc2ccc(Cl)cc2)n1. The fourth-order valence-corrected chi connectivity index (χ4v) is 3.32. The molecule has 1 saturated heterocycles. The average Bonchev–Trinajstić information content (AvgIpc) is 3.09. The second-order valence-corrected chi connectivity index (χ2v) is 6.90. The van der Waals surface area contributed by atoms with Crippen molar-refractivity contribution in [2.45, 2.75) is 30.5 Å². The van der Waals surface area contributed by atoms with E-state index in [2.05, 4.69) is 9.97 Å². The van der Waals surface area contributed by atoms with Crippen LogP contribution < -0.4 is 9.64 Å². The van der Waals surface area contributed by atoms with Crippen molar-refractivity contribution in [2.75, 3.05) is 24.3 Å². The van der Waals surface area contributed by atoms with Crippen molar-refractivity contribution in [1.29, 1.82) is 0 Å². The van der Waals surface area contributed by atoms with E-state index in [1.54, 1.807) is 18.4 Å². The van der Waals surface area contributed by atoms with Crippen LogP contribution >= 0.6 is 23.4 Å². The zero-order valence-corrected chi connectivity index (χ0v) is 15.2. The van der Waals surface area contributed by atoms with Crippen molar-refractivity contribution in [1.82, 2.24) is 9.97 Å². The van der Waals surface area contributed by atoms with Gasteiger partial charge in [0.05, 0.1) is 6.04 Å². The van der Waals surface area contributed by atoms with Crippen LogP contribution in [0.2, 0.25) is 5.02 Å². The van der Waals surface area contributed by atoms with Gasteiger partial charge in [0, 0.05) is 17.6 Å². The minimum absolute atomic E-state index is 0.0887. The highest BCUT2D eigenvalue weighted by Crippen LogP contribution is 2.29. The lowest BCUT2D eigenvalue weighted by molar-refractivity contribution is 0.145. The average molecular weight is 386 g/mol. The van der Waals surface area contributed by atoms with Gasteiger partial charge in [-0.05, 0) is 43.4 Å². The summed E-state index contributed by atoms with van der Waals surface area (Å²) in [4.78, 5) is 10.3. The Bertz CT molecular complexity index is 718. The normalized spacial score (nSPS) is 17.3. The van der Waals surface area contributed by atoms with E-state index in [-0.39, 0.29) is 11.7 Å². The molecular weight excluding hydrogens is 368 g/mol. The lowest BCUT2D eigenvalue weighted by atomic mass is 10.2. The Morgan fingerprint density at radius 3 is 2.76 bits per heavy atom. The molecule has 1 aromatic heterocycles. The van der Waals surface area contributed by atoms with E-state index in [0.29, 0.717) is 22.6 Å². The second-order valence-electron chi connectivity index (χ2n) is 5.69. The first-order valence-electron chi connectivity index (χ1n) is 7.93. The van der Waals surface area contributed by atoms with Crippen molar-refractivity contribution in [2.24, 2.45) is 0 Å². The van der Waals surface area contributed by atoms with Crippen molar-refractivity contribution in [3.05, 3.63) is 41.0 Å². The number of benzene rings is 1. The van der Waals surface area contributed by atoms with Crippen LogP contribution in [-0.2, 0) is 0 Å². The molecule has 8 heteroatoms. The summed E-state index contributed by atoms with van der Waals surface area (Å²) in [5.41, 5.74) is -0.237. The van der Waals surface area contributed by atoms with Crippen LogP contribution in [0.15, 0.2) is 35.5 Å². The van der Waals surface area contributed by atoms with E-state index in [1.807, 2.05) is 17.0 Å². The van der Waals surface area contributed by atoms with Crippen molar-refractivity contribution in [3.8, 4) is 5.75 Å². The molecular formula is C17H18ClF2N3OS. The van der Waals surface area contributed by atoms with E-state index in [9.17, 15) is 8.78 Å². The molecule has 25 heavy (non-hydrogen) atoms. The van der Waals surface area contributed by atoms with Crippen LogP contribution in [0, 0.1) is 0 Å². The number of hydrogen-bond acceptors (Lipinski definition) is 5. The predicted octanol–water partition coefficient (Wildman–Crippen LogP) is 4.84. The molecule has 2 heterocycles. The maximum atomic E-state index is 13.1. The number of halogens is 3. The molecule has 1 atom stereocenters. The van der Waals surface area contributed by atoms with E-state index in [1.165, 1.54) is 17.8 Å². The maximum Gasteiger partial charge on any atom is 0.280 e. The van der Waals surface area contributed by atoms with Gasteiger partial charge in [-0.3, -0.25) is 0 Å². The van der Waals surface area contributed by atoms with Crippen LogP contribution in [0.3, 0.4) is 0 Å². The molecule has 2 aromatic rings. The Kier molecular flexibility index (Phi) is 5.96. The number of ether oxygens (including phenoxy) is 1. The Hall–Kier alpha value is -1.60. The van der Waals surface area contributed by atoms with Crippen LogP contribution in [-0.4, -0.2) is 35.4 Å². The number of thioether (sulfide) groups is 1. The van der Waals surface area contributed by atoms with Crippen LogP contribution in [0.1, 0.15) is 25.0 Å². The fourth-order valence-electron chi connectivity index (χ4n) is 2.81. The summed E-state index contributed by atoms with van der Waals surface area (Å²) in [6.45, 7) is 1.23. The van der Waals surface area contributed by atoms with Crippen molar-refractivity contribution in [3.63, 3.8) is 0 Å². The number of hydrogen-bond donors (Lipinski definition) is 0. The van der Waals surface area contributed by atoms with E-state index < -0.39 is 6.43 Å². The van der Waals surface area contributed by atoms with Crippen molar-refractivity contribution >= 4 is 29.2 Å². The standard InChI is InChI=1S/C17H18ClF2N3OS/c1-25-17-21-14(16(19)20)9-15(22-17)23-8-2-3-12(23)10-24-13-6-4-11(18)5-7-13/h4-7,9,12,16H,2-3,8,10H2,1H3. The van der Waals surface area contributed by atoms with Gasteiger partial charge in [0.2, 0.25) is 0 Å². The maximum absolute atomic E-state index is 13.1. The van der Waals surface area contributed by atoms with Gasteiger partial charge in [-0.1, -0.05) is 23.4 Å². The molecule has 134 valence electrons. The number of rotatable bonds is 6. The molecule has 1 aromatic carbocycles. The molecule has 1 aliphatic rings. The Morgan fingerprint density at radius 1 is 1.32 bits per heavy atom. The Balaban J connectivity index is 1.74. The summed E-state index contributed by atoms with van der Waals surface area (Å²) < 4.78 is 32.0. The number of anilines is 1. The predicted molar refractivity (Wildman–Crippen MR) is 96.1 cm³/mol. The fraction of sp³-hybridized carbons (Fsp3) is 0.412. The highest BCUT2D eigenvalue weighted by atomic mass is 35.5. The van der Waals surface area contributed by atoms with E-state index in [4.69, 9.17) is 16.3 Å². The molecule has 0 N–H and O–H groups in total. The van der Waals surface area contributed by atoms with E-state index in [0.717, 1.165) is 25.1 Å². The zero-order chi connectivity index (χ0) is 17.8. The van der Waals surface area contributed by atoms with Gasteiger partial charge in [-0.25, -0.2) is 18.7 Å². The van der Waals surface area contributed by atoms with Gasteiger partial charge in [-0.2, -0.15) is 0 Å². The summed E-state index contributed by atoms with van der Waals surface area (Å²) in [5, 5.41) is 1.01. The molecule has 0 saturated carbocycles. The third-order valence-electron chi connectivity index (χ3n) is 4.05. The quantitative estimate of drug-likeness (QED) is 0.525. The first kappa shape index (κ1) is 18.2. The highest BCUT2D eigenvalue weighted by molar-refractivity contribution is 7.98. The van der Waals surface area contributed by atoms with E-state index >= 15 is 0 Å². The van der Waals surface area contributed by atoms with Gasteiger partial charge in [0.1, 0.15) is 23.9 Å². The summed E-state index contributed by atoms with van der Waals surface area (Å²) in [6, 6.07) is 8.64. The summed E-state index contributed by atoms with van der Waals surface area (Å²) in [7, 11) is 0. The van der Waals surface area contributed by atoms with Crippen molar-refractivity contribution < 1.29 is 13.5 Å². The summed E-state index contributed by atoms with van der Waals surface area (Å²) in [5.74, 6) is 1.27. The van der Waals surface area contributed by atoms with Gasteiger partial charge in [-0.15, -0.1) is 0 Å². The minimum atomic E-state index is -2.61. The molecule has 0 spiro atoms. The monoisotopic (exact) mass is 385 g/mol. The highest BCUT2D eigenvalue weighted by Gasteiger charge is 2.28. The first-order chi connectivity index (χ1) is 12.1. The molecule has 1 unspecified atom stereocenters. The van der Waals surface area contributed by atoms with Gasteiger partial charge >= 0.3 is 0 Å². The van der Waals surface area contributed by atoms with Crippen LogP contribution in [0.4, 0.5) is 14.6 Å². The first-order valence-corrected chi connectivity index (χ1v) is 9.53. The number of alkyl halides is 2. The van der Waals surface area contributed by atoms with Gasteiger partial charge in [0.25, 0.3) is 6.43 Å². The van der Waals surface area contributed by atoms with Gasteiger partial charge < -0.3 is 9.64 Å². The van der Waals surface area contributed by atoms with Gasteiger partial charge in [0.15, 0.2) is 5.16 Å². The zero-order valence-electron chi connectivity index (χ0n) is 13.7. The molecule has 0 bridgehead atoms. The third kappa shape index (κ3) is 4.52. The largest absolute Gasteiger partial charge is 0.491 e. The Labute approximate surface area is 154 Å². The van der Waals surface area contributed by atoms with Crippen LogP contribution in [0.5, 0.6) is 5.75 Å². The molecule has 1 fully saturated rings. The smallest absolute Gasteiger partial charge is 0.280 e. The molecule has 3 rings (SSSR count). The molecule has 0 aliphatic carbocycles. The van der Waals surface area contributed by atoms with Crippen LogP contribution in [0.25, 0.3) is 0 Å². The third-order valence-corrected chi connectivity index (χ3v) is 4.85. The lowest BCUT2D eigenvalue weighted by Crippen LogP contribution is -2.35. The molecule has 1 aliphatic heterocycles. The summed E-state index contributed by atoms with van der Waals surface area (Å²) in [6.07, 6.45) is 1.06. The number of nitrogens with zero attached hydrogens (tertiary/aromatic N) is 3. The summed E-state index contributed by atoms with van der Waals surface area (Å²) >= 11 is 7.13. The number of aromatic nitrogens is 2. The Morgan fingerprint density at radius 2 is 2.08 bits per heavy atom. The molecule has 4 nitrogen and oxygen atoms in total. The molecule has 0 radical (unpaired) electrons. The minimum Gasteiger partial charge on any atom is -0.491 e.